The van der Waals surface area contributed by atoms with Crippen LogP contribution in [0.15, 0.2) is 47.4 Å². The van der Waals surface area contributed by atoms with Crippen molar-refractivity contribution in [1.82, 2.24) is 0 Å². The van der Waals surface area contributed by atoms with Crippen LogP contribution in [0.1, 0.15) is 16.0 Å². The molecule has 0 spiro atoms. The summed E-state index contributed by atoms with van der Waals surface area (Å²) in [6, 6.07) is 12.1. The standard InChI is InChI=1S/C15H12O2S/c1-17-15(16)12-9-11-7-8-18-14(11)13(12)10-5-3-2-4-6-10/h2-8H,9H2,1H3. The van der Waals surface area contributed by atoms with Crippen molar-refractivity contribution in [3.63, 3.8) is 0 Å². The summed E-state index contributed by atoms with van der Waals surface area (Å²) in [5.41, 5.74) is 4.11. The summed E-state index contributed by atoms with van der Waals surface area (Å²) in [6.45, 7) is 0. The van der Waals surface area contributed by atoms with Crippen LogP contribution in [0.4, 0.5) is 0 Å². The molecule has 0 radical (unpaired) electrons. The Kier molecular flexibility index (Phi) is 2.76. The number of rotatable bonds is 2. The minimum Gasteiger partial charge on any atom is -0.466 e. The lowest BCUT2D eigenvalue weighted by atomic mass is 10.0. The monoisotopic (exact) mass is 256 g/mol. The second kappa shape index (κ2) is 4.42. The summed E-state index contributed by atoms with van der Waals surface area (Å²) in [5, 5.41) is 2.07. The van der Waals surface area contributed by atoms with Crippen LogP contribution in [0, 0.1) is 0 Å². The van der Waals surface area contributed by atoms with Crippen LogP contribution in [0.5, 0.6) is 0 Å². The third-order valence-corrected chi connectivity index (χ3v) is 4.11. The van der Waals surface area contributed by atoms with Gasteiger partial charge in [0.1, 0.15) is 0 Å². The third-order valence-electron chi connectivity index (χ3n) is 3.14. The molecule has 1 aliphatic rings. The minimum absolute atomic E-state index is 0.225. The molecule has 18 heavy (non-hydrogen) atoms. The molecule has 0 saturated heterocycles. The highest BCUT2D eigenvalue weighted by atomic mass is 32.1. The fraction of sp³-hybridized carbons (Fsp3) is 0.133. The molecule has 0 amide bonds. The van der Waals surface area contributed by atoms with Crippen molar-refractivity contribution >= 4 is 22.9 Å². The number of fused-ring (bicyclic) bond motifs is 1. The molecule has 1 aromatic heterocycles. The van der Waals surface area contributed by atoms with Crippen molar-refractivity contribution < 1.29 is 9.53 Å². The van der Waals surface area contributed by atoms with Crippen LogP contribution in [-0.2, 0) is 16.0 Å². The maximum Gasteiger partial charge on any atom is 0.334 e. The van der Waals surface area contributed by atoms with Gasteiger partial charge in [-0.2, -0.15) is 0 Å². The van der Waals surface area contributed by atoms with Crippen molar-refractivity contribution in [1.29, 1.82) is 0 Å². The first-order chi connectivity index (χ1) is 8.81. The number of thiophene rings is 1. The van der Waals surface area contributed by atoms with E-state index in [9.17, 15) is 4.79 Å². The highest BCUT2D eigenvalue weighted by Crippen LogP contribution is 2.40. The van der Waals surface area contributed by atoms with E-state index in [1.807, 2.05) is 30.3 Å². The lowest BCUT2D eigenvalue weighted by Gasteiger charge is -2.06. The molecule has 3 rings (SSSR count). The Balaban J connectivity index is 2.19. The lowest BCUT2D eigenvalue weighted by Crippen LogP contribution is -2.06. The van der Waals surface area contributed by atoms with E-state index in [0.29, 0.717) is 6.42 Å². The molecule has 1 aliphatic carbocycles. The molecule has 1 heterocycles. The minimum atomic E-state index is -0.225. The van der Waals surface area contributed by atoms with Gasteiger partial charge in [-0.3, -0.25) is 0 Å². The Bertz CT molecular complexity index is 623. The Morgan fingerprint density at radius 1 is 1.22 bits per heavy atom. The number of benzene rings is 1. The number of esters is 1. The van der Waals surface area contributed by atoms with Crippen LogP contribution in [0.25, 0.3) is 5.57 Å². The van der Waals surface area contributed by atoms with Gasteiger partial charge in [0.25, 0.3) is 0 Å². The average Bonchev–Trinajstić information content (AvgIpc) is 2.98. The number of methoxy groups -OCH3 is 1. The molecule has 0 fully saturated rings. The van der Waals surface area contributed by atoms with Gasteiger partial charge in [0, 0.05) is 16.9 Å². The average molecular weight is 256 g/mol. The molecule has 90 valence electrons. The van der Waals surface area contributed by atoms with E-state index in [4.69, 9.17) is 4.74 Å². The van der Waals surface area contributed by atoms with Crippen LogP contribution in [-0.4, -0.2) is 13.1 Å². The predicted molar refractivity (Wildman–Crippen MR) is 72.5 cm³/mol. The van der Waals surface area contributed by atoms with Crippen molar-refractivity contribution in [2.45, 2.75) is 6.42 Å². The molecule has 0 atom stereocenters. The summed E-state index contributed by atoms with van der Waals surface area (Å²) in [4.78, 5) is 13.1. The van der Waals surface area contributed by atoms with Crippen molar-refractivity contribution in [3.8, 4) is 0 Å². The smallest absolute Gasteiger partial charge is 0.334 e. The molecular weight excluding hydrogens is 244 g/mol. The zero-order valence-corrected chi connectivity index (χ0v) is 10.8. The molecule has 2 aromatic rings. The first-order valence-corrected chi connectivity index (χ1v) is 6.63. The van der Waals surface area contributed by atoms with Crippen molar-refractivity contribution in [2.75, 3.05) is 7.11 Å². The van der Waals surface area contributed by atoms with Gasteiger partial charge in [0.2, 0.25) is 0 Å². The molecule has 3 heteroatoms. The van der Waals surface area contributed by atoms with Gasteiger partial charge in [0.05, 0.1) is 12.7 Å². The lowest BCUT2D eigenvalue weighted by molar-refractivity contribution is -0.136. The summed E-state index contributed by atoms with van der Waals surface area (Å²) in [5.74, 6) is -0.225. The number of ether oxygens (including phenoxy) is 1. The molecule has 1 aromatic carbocycles. The maximum absolute atomic E-state index is 11.9. The quantitative estimate of drug-likeness (QED) is 0.771. The Hall–Kier alpha value is -1.87. The molecular formula is C15H12O2S. The van der Waals surface area contributed by atoms with E-state index in [2.05, 4.69) is 11.4 Å². The Morgan fingerprint density at radius 3 is 2.72 bits per heavy atom. The van der Waals surface area contributed by atoms with Gasteiger partial charge >= 0.3 is 5.97 Å². The molecule has 0 saturated carbocycles. The van der Waals surface area contributed by atoms with Gasteiger partial charge in [-0.1, -0.05) is 30.3 Å². The van der Waals surface area contributed by atoms with Crippen molar-refractivity contribution in [2.24, 2.45) is 0 Å². The highest BCUT2D eigenvalue weighted by Gasteiger charge is 2.28. The molecule has 2 nitrogen and oxygen atoms in total. The van der Waals surface area contributed by atoms with Gasteiger partial charge in [-0.15, -0.1) is 11.3 Å². The van der Waals surface area contributed by atoms with Crippen LogP contribution < -0.4 is 0 Å². The zero-order valence-electron chi connectivity index (χ0n) is 9.97. The van der Waals surface area contributed by atoms with E-state index in [1.165, 1.54) is 17.6 Å². The number of hydrogen-bond acceptors (Lipinski definition) is 3. The molecule has 0 N–H and O–H groups in total. The van der Waals surface area contributed by atoms with E-state index in [0.717, 1.165) is 16.7 Å². The van der Waals surface area contributed by atoms with Crippen LogP contribution in [0.3, 0.4) is 0 Å². The summed E-state index contributed by atoms with van der Waals surface area (Å²) in [7, 11) is 1.43. The second-order valence-electron chi connectivity index (χ2n) is 4.16. The highest BCUT2D eigenvalue weighted by molar-refractivity contribution is 7.11. The first-order valence-electron chi connectivity index (χ1n) is 5.75. The summed E-state index contributed by atoms with van der Waals surface area (Å²) >= 11 is 1.68. The fourth-order valence-electron chi connectivity index (χ4n) is 2.32. The topological polar surface area (TPSA) is 26.3 Å². The van der Waals surface area contributed by atoms with Crippen molar-refractivity contribution in [3.05, 3.63) is 63.4 Å². The Labute approximate surface area is 110 Å². The van der Waals surface area contributed by atoms with E-state index in [-0.39, 0.29) is 5.97 Å². The molecule has 0 aliphatic heterocycles. The van der Waals surface area contributed by atoms with E-state index >= 15 is 0 Å². The van der Waals surface area contributed by atoms with E-state index < -0.39 is 0 Å². The normalized spacial score (nSPS) is 13.6. The largest absolute Gasteiger partial charge is 0.466 e. The second-order valence-corrected chi connectivity index (χ2v) is 5.08. The fourth-order valence-corrected chi connectivity index (χ4v) is 3.34. The van der Waals surface area contributed by atoms with Crippen LogP contribution in [0.2, 0.25) is 0 Å². The van der Waals surface area contributed by atoms with Gasteiger partial charge in [-0.05, 0) is 22.6 Å². The third kappa shape index (κ3) is 1.68. The number of carbonyl (C=O) groups excluding carboxylic acids is 1. The molecule has 0 bridgehead atoms. The number of carbonyl (C=O) groups is 1. The summed E-state index contributed by atoms with van der Waals surface area (Å²) in [6.07, 6.45) is 0.676. The zero-order chi connectivity index (χ0) is 12.5. The summed E-state index contributed by atoms with van der Waals surface area (Å²) < 4.78 is 4.89. The van der Waals surface area contributed by atoms with Crippen LogP contribution >= 0.6 is 11.3 Å². The predicted octanol–water partition coefficient (Wildman–Crippen LogP) is 3.28. The van der Waals surface area contributed by atoms with Gasteiger partial charge in [0.15, 0.2) is 0 Å². The SMILES string of the molecule is COC(=O)C1=C(c2ccccc2)c2sccc2C1. The van der Waals surface area contributed by atoms with Gasteiger partial charge < -0.3 is 4.74 Å². The first kappa shape index (κ1) is 11.2. The molecule has 0 unspecified atom stereocenters. The number of hydrogen-bond donors (Lipinski definition) is 0. The maximum atomic E-state index is 11.9. The van der Waals surface area contributed by atoms with E-state index in [1.54, 1.807) is 11.3 Å². The van der Waals surface area contributed by atoms with Gasteiger partial charge in [-0.25, -0.2) is 4.79 Å². The Morgan fingerprint density at radius 2 is 2.00 bits per heavy atom.